The van der Waals surface area contributed by atoms with Gasteiger partial charge in [-0.1, -0.05) is 11.3 Å². The first-order valence-corrected chi connectivity index (χ1v) is 7.41. The van der Waals surface area contributed by atoms with Gasteiger partial charge in [0.25, 0.3) is 5.91 Å². The lowest BCUT2D eigenvalue weighted by molar-refractivity contribution is -0.380. The van der Waals surface area contributed by atoms with Crippen molar-refractivity contribution in [2.75, 3.05) is 5.32 Å². The lowest BCUT2D eigenvalue weighted by Gasteiger charge is -2.07. The Morgan fingerprint density at radius 1 is 1.33 bits per heavy atom. The van der Waals surface area contributed by atoms with Gasteiger partial charge in [-0.3, -0.25) is 14.9 Å². The molecule has 0 saturated heterocycles. The van der Waals surface area contributed by atoms with Crippen molar-refractivity contribution in [3.63, 3.8) is 0 Å². The molecule has 0 aliphatic carbocycles. The molecule has 0 unspecified atom stereocenters. The Morgan fingerprint density at radius 3 is 2.62 bits per heavy atom. The van der Waals surface area contributed by atoms with E-state index in [1.165, 1.54) is 17.5 Å². The number of carbonyl (C=O) groups excluding carboxylic acids is 1. The van der Waals surface area contributed by atoms with E-state index in [1.54, 1.807) is 6.07 Å². The molecule has 0 saturated carbocycles. The maximum Gasteiger partial charge on any atom is 0.337 e. The lowest BCUT2D eigenvalue weighted by atomic mass is 10.1. The number of nitrogens with one attached hydrogen (secondary N) is 1. The van der Waals surface area contributed by atoms with E-state index >= 15 is 0 Å². The minimum Gasteiger partial charge on any atom is -0.478 e. The fourth-order valence-electron chi connectivity index (χ4n) is 1.54. The molecule has 2 aromatic rings. The van der Waals surface area contributed by atoms with Crippen LogP contribution in [0.3, 0.4) is 0 Å². The Bertz CT molecular complexity index is 743. The number of rotatable bonds is 4. The van der Waals surface area contributed by atoms with Gasteiger partial charge in [-0.2, -0.15) is 0 Å². The van der Waals surface area contributed by atoms with E-state index in [9.17, 15) is 19.7 Å². The Kier molecular flexibility index (Phi) is 4.53. The number of carboxylic acid groups (broad SMARTS) is 1. The van der Waals surface area contributed by atoms with E-state index in [0.717, 1.165) is 17.4 Å². The molecule has 1 aromatic carbocycles. The molecule has 0 spiro atoms. The summed E-state index contributed by atoms with van der Waals surface area (Å²) in [7, 11) is 0. The molecule has 2 rings (SSSR count). The number of aromatic carboxylic acids is 1. The quantitative estimate of drug-likeness (QED) is 0.450. The third-order valence-electron chi connectivity index (χ3n) is 2.49. The van der Waals surface area contributed by atoms with Crippen molar-refractivity contribution in [2.24, 2.45) is 0 Å². The van der Waals surface area contributed by atoms with Crippen LogP contribution in [0.25, 0.3) is 0 Å². The topological polar surface area (TPSA) is 110 Å². The van der Waals surface area contributed by atoms with Gasteiger partial charge in [0, 0.05) is 15.0 Å². The van der Waals surface area contributed by atoms with Crippen molar-refractivity contribution >= 4 is 56.5 Å². The SMILES string of the molecule is O=C(Nc1ccc(I)cc1C(=O)O)c1csc([N+](=O)[O-])c1. The van der Waals surface area contributed by atoms with Crippen LogP contribution < -0.4 is 5.32 Å². The molecule has 2 N–H and O–H groups in total. The summed E-state index contributed by atoms with van der Waals surface area (Å²) < 4.78 is 0.717. The number of nitro groups is 1. The molecule has 9 heteroatoms. The Morgan fingerprint density at radius 2 is 2.05 bits per heavy atom. The maximum absolute atomic E-state index is 12.0. The molecule has 1 heterocycles. The normalized spacial score (nSPS) is 10.1. The van der Waals surface area contributed by atoms with Crippen LogP contribution in [0.1, 0.15) is 20.7 Å². The van der Waals surface area contributed by atoms with Gasteiger partial charge >= 0.3 is 11.0 Å². The van der Waals surface area contributed by atoms with Crippen molar-refractivity contribution in [3.05, 3.63) is 54.5 Å². The second-order valence-electron chi connectivity index (χ2n) is 3.88. The van der Waals surface area contributed by atoms with E-state index in [4.69, 9.17) is 5.11 Å². The molecule has 0 radical (unpaired) electrons. The van der Waals surface area contributed by atoms with E-state index < -0.39 is 16.8 Å². The van der Waals surface area contributed by atoms with Gasteiger partial charge in [-0.05, 0) is 40.8 Å². The maximum atomic E-state index is 12.0. The average molecular weight is 418 g/mol. The molecular weight excluding hydrogens is 411 g/mol. The first-order valence-electron chi connectivity index (χ1n) is 5.45. The van der Waals surface area contributed by atoms with Gasteiger partial charge in [-0.25, -0.2) is 4.79 Å². The van der Waals surface area contributed by atoms with Gasteiger partial charge < -0.3 is 10.4 Å². The highest BCUT2D eigenvalue weighted by Crippen LogP contribution is 2.24. The molecule has 0 aliphatic rings. The summed E-state index contributed by atoms with van der Waals surface area (Å²) in [5.74, 6) is -1.76. The second-order valence-corrected chi connectivity index (χ2v) is 6.02. The predicted octanol–water partition coefficient (Wildman–Crippen LogP) is 3.21. The van der Waals surface area contributed by atoms with Crippen LogP contribution in [0, 0.1) is 13.7 Å². The summed E-state index contributed by atoms with van der Waals surface area (Å²) in [5, 5.41) is 23.3. The van der Waals surface area contributed by atoms with E-state index in [-0.39, 0.29) is 21.8 Å². The summed E-state index contributed by atoms with van der Waals surface area (Å²) in [4.78, 5) is 33.1. The first kappa shape index (κ1) is 15.4. The van der Waals surface area contributed by atoms with Crippen LogP contribution >= 0.6 is 33.9 Å². The fraction of sp³-hybridized carbons (Fsp3) is 0. The van der Waals surface area contributed by atoms with Gasteiger partial charge in [-0.15, -0.1) is 0 Å². The number of amides is 1. The van der Waals surface area contributed by atoms with Crippen molar-refractivity contribution in [1.82, 2.24) is 0 Å². The minimum atomic E-state index is -1.17. The summed E-state index contributed by atoms with van der Waals surface area (Å²) >= 11 is 2.79. The number of halogens is 1. The standard InChI is InChI=1S/C12H7IN2O5S/c13-7-1-2-9(8(4-7)12(17)18)14-11(16)6-3-10(15(19)20)21-5-6/h1-5H,(H,14,16)(H,17,18). The molecule has 1 aromatic heterocycles. The number of carboxylic acids is 1. The molecular formula is C12H7IN2O5S. The number of thiophene rings is 1. The zero-order chi connectivity index (χ0) is 15.6. The molecule has 0 bridgehead atoms. The van der Waals surface area contributed by atoms with Crippen LogP contribution in [-0.4, -0.2) is 21.9 Å². The van der Waals surface area contributed by atoms with E-state index in [1.807, 2.05) is 22.6 Å². The van der Waals surface area contributed by atoms with Crippen molar-refractivity contribution in [3.8, 4) is 0 Å². The zero-order valence-corrected chi connectivity index (χ0v) is 13.2. The number of nitrogens with zero attached hydrogens (tertiary/aromatic N) is 1. The predicted molar refractivity (Wildman–Crippen MR) is 85.0 cm³/mol. The van der Waals surface area contributed by atoms with E-state index in [2.05, 4.69) is 5.32 Å². The largest absolute Gasteiger partial charge is 0.478 e. The number of anilines is 1. The minimum absolute atomic E-state index is 0.0417. The number of hydrogen-bond acceptors (Lipinski definition) is 5. The number of carbonyl (C=O) groups is 2. The third kappa shape index (κ3) is 3.55. The summed E-state index contributed by atoms with van der Waals surface area (Å²) in [6.07, 6.45) is 0. The van der Waals surface area contributed by atoms with Crippen molar-refractivity contribution in [2.45, 2.75) is 0 Å². The van der Waals surface area contributed by atoms with Crippen LogP contribution in [0.5, 0.6) is 0 Å². The lowest BCUT2D eigenvalue weighted by Crippen LogP contribution is -2.14. The Hall–Kier alpha value is -2.01. The molecule has 0 aliphatic heterocycles. The van der Waals surface area contributed by atoms with Crippen LogP contribution in [0.15, 0.2) is 29.6 Å². The zero-order valence-electron chi connectivity index (χ0n) is 10.2. The molecule has 0 atom stereocenters. The van der Waals surface area contributed by atoms with Crippen molar-refractivity contribution in [1.29, 1.82) is 0 Å². The van der Waals surface area contributed by atoms with Crippen molar-refractivity contribution < 1.29 is 19.6 Å². The average Bonchev–Trinajstić information content (AvgIpc) is 2.90. The van der Waals surface area contributed by atoms with Crippen LogP contribution in [0.4, 0.5) is 10.7 Å². The van der Waals surface area contributed by atoms with Crippen LogP contribution in [-0.2, 0) is 0 Å². The monoisotopic (exact) mass is 418 g/mol. The second kappa shape index (κ2) is 6.18. The first-order chi connectivity index (χ1) is 9.88. The Labute approximate surface area is 135 Å². The highest BCUT2D eigenvalue weighted by molar-refractivity contribution is 14.1. The molecule has 21 heavy (non-hydrogen) atoms. The van der Waals surface area contributed by atoms with Gasteiger partial charge in [0.1, 0.15) is 0 Å². The van der Waals surface area contributed by atoms with Crippen LogP contribution in [0.2, 0.25) is 0 Å². The van der Waals surface area contributed by atoms with E-state index in [0.29, 0.717) is 3.57 Å². The molecule has 0 fully saturated rings. The molecule has 108 valence electrons. The number of hydrogen-bond donors (Lipinski definition) is 2. The fourth-order valence-corrected chi connectivity index (χ4v) is 2.73. The third-order valence-corrected chi connectivity index (χ3v) is 4.04. The van der Waals surface area contributed by atoms with Gasteiger partial charge in [0.15, 0.2) is 0 Å². The summed E-state index contributed by atoms with van der Waals surface area (Å²) in [5.41, 5.74) is 0.211. The Balaban J connectivity index is 2.27. The smallest absolute Gasteiger partial charge is 0.337 e. The summed E-state index contributed by atoms with van der Waals surface area (Å²) in [6.45, 7) is 0. The van der Waals surface area contributed by atoms with Gasteiger partial charge in [0.2, 0.25) is 0 Å². The molecule has 1 amide bonds. The van der Waals surface area contributed by atoms with Gasteiger partial charge in [0.05, 0.1) is 21.7 Å². The summed E-state index contributed by atoms with van der Waals surface area (Å²) in [6, 6.07) is 5.70. The number of benzene rings is 1. The highest BCUT2D eigenvalue weighted by atomic mass is 127. The highest BCUT2D eigenvalue weighted by Gasteiger charge is 2.17. The molecule has 7 nitrogen and oxygen atoms in total.